The lowest BCUT2D eigenvalue weighted by Gasteiger charge is -2.19. The zero-order valence-corrected chi connectivity index (χ0v) is 13.0. The molecule has 0 unspecified atom stereocenters. The predicted octanol–water partition coefficient (Wildman–Crippen LogP) is 3.37. The molecule has 0 spiro atoms. The molecule has 0 aromatic heterocycles. The Bertz CT molecular complexity index is 412. The minimum Gasteiger partial charge on any atom is -0.492 e. The normalized spacial score (nSPS) is 11.0. The molecular formula is C15H22ClNO3. The summed E-state index contributed by atoms with van der Waals surface area (Å²) in [6, 6.07) is 7.74. The number of ether oxygens (including phenoxy) is 2. The first-order chi connectivity index (χ1) is 9.40. The van der Waals surface area contributed by atoms with Crippen LogP contribution in [0.1, 0.15) is 26.3 Å². The van der Waals surface area contributed by atoms with Gasteiger partial charge in [0.2, 0.25) is 0 Å². The SMILES string of the molecule is CC(C)(C)OC(=O)NCCc1ccc(OCCCl)cc1. The van der Waals surface area contributed by atoms with Crippen LogP contribution >= 0.6 is 11.6 Å². The summed E-state index contributed by atoms with van der Waals surface area (Å²) in [5.41, 5.74) is 0.658. The minimum absolute atomic E-state index is 0.389. The van der Waals surface area contributed by atoms with Crippen molar-refractivity contribution in [3.8, 4) is 5.75 Å². The van der Waals surface area contributed by atoms with E-state index in [-0.39, 0.29) is 6.09 Å². The van der Waals surface area contributed by atoms with Crippen molar-refractivity contribution in [2.24, 2.45) is 0 Å². The summed E-state index contributed by atoms with van der Waals surface area (Å²) in [5.74, 6) is 1.27. The van der Waals surface area contributed by atoms with E-state index in [1.54, 1.807) is 0 Å². The highest BCUT2D eigenvalue weighted by Gasteiger charge is 2.15. The van der Waals surface area contributed by atoms with E-state index in [1.165, 1.54) is 0 Å². The zero-order valence-electron chi connectivity index (χ0n) is 12.2. The van der Waals surface area contributed by atoms with Gasteiger partial charge in [-0.15, -0.1) is 11.6 Å². The molecule has 1 rings (SSSR count). The third kappa shape index (κ3) is 7.24. The summed E-state index contributed by atoms with van der Waals surface area (Å²) in [4.78, 5) is 11.5. The van der Waals surface area contributed by atoms with E-state index in [1.807, 2.05) is 45.0 Å². The summed E-state index contributed by atoms with van der Waals surface area (Å²) < 4.78 is 10.5. The molecule has 1 amide bonds. The topological polar surface area (TPSA) is 47.6 Å². The second kappa shape index (κ2) is 8.00. The van der Waals surface area contributed by atoms with E-state index in [9.17, 15) is 4.79 Å². The molecule has 0 heterocycles. The van der Waals surface area contributed by atoms with Crippen LogP contribution in [0.15, 0.2) is 24.3 Å². The summed E-state index contributed by atoms with van der Waals surface area (Å²) in [6.07, 6.45) is 0.356. The Kier molecular flexibility index (Phi) is 6.65. The van der Waals surface area contributed by atoms with E-state index in [4.69, 9.17) is 21.1 Å². The van der Waals surface area contributed by atoms with Crippen molar-refractivity contribution < 1.29 is 14.3 Å². The molecule has 5 heteroatoms. The van der Waals surface area contributed by atoms with Gasteiger partial charge in [-0.05, 0) is 44.9 Å². The Morgan fingerprint density at radius 3 is 2.45 bits per heavy atom. The number of nitrogens with one attached hydrogen (secondary N) is 1. The third-order valence-electron chi connectivity index (χ3n) is 2.35. The molecule has 1 N–H and O–H groups in total. The zero-order chi connectivity index (χ0) is 15.0. The number of halogens is 1. The molecule has 4 nitrogen and oxygen atoms in total. The first-order valence-electron chi connectivity index (χ1n) is 6.65. The molecule has 1 aromatic carbocycles. The van der Waals surface area contributed by atoms with E-state index in [0.717, 1.165) is 17.7 Å². The number of alkyl halides is 1. The fourth-order valence-electron chi connectivity index (χ4n) is 1.53. The Morgan fingerprint density at radius 1 is 1.25 bits per heavy atom. The van der Waals surface area contributed by atoms with Crippen LogP contribution in [-0.2, 0) is 11.2 Å². The molecule has 0 saturated heterocycles. The standard InChI is InChI=1S/C15H22ClNO3/c1-15(2,3)20-14(18)17-10-8-12-4-6-13(7-5-12)19-11-9-16/h4-7H,8-11H2,1-3H3,(H,17,18). The molecular weight excluding hydrogens is 278 g/mol. The maximum atomic E-state index is 11.5. The van der Waals surface area contributed by atoms with Crippen molar-refractivity contribution in [1.82, 2.24) is 5.32 Å². The van der Waals surface area contributed by atoms with Crippen molar-refractivity contribution in [2.75, 3.05) is 19.0 Å². The summed E-state index contributed by atoms with van der Waals surface area (Å²) >= 11 is 5.55. The molecule has 0 bridgehead atoms. The quantitative estimate of drug-likeness (QED) is 0.819. The monoisotopic (exact) mass is 299 g/mol. The predicted molar refractivity (Wildman–Crippen MR) is 80.6 cm³/mol. The average Bonchev–Trinajstić information content (AvgIpc) is 2.35. The highest BCUT2D eigenvalue weighted by molar-refractivity contribution is 6.18. The molecule has 0 fully saturated rings. The van der Waals surface area contributed by atoms with E-state index >= 15 is 0 Å². The fourth-order valence-corrected chi connectivity index (χ4v) is 1.61. The first-order valence-corrected chi connectivity index (χ1v) is 7.19. The molecule has 0 aliphatic rings. The van der Waals surface area contributed by atoms with Crippen molar-refractivity contribution in [3.05, 3.63) is 29.8 Å². The summed E-state index contributed by atoms with van der Waals surface area (Å²) in [7, 11) is 0. The lowest BCUT2D eigenvalue weighted by Crippen LogP contribution is -2.33. The van der Waals surface area contributed by atoms with E-state index < -0.39 is 5.60 Å². The number of hydrogen-bond acceptors (Lipinski definition) is 3. The number of hydrogen-bond donors (Lipinski definition) is 1. The Morgan fingerprint density at radius 2 is 1.90 bits per heavy atom. The van der Waals surface area contributed by atoms with Crippen LogP contribution in [0, 0.1) is 0 Å². The van der Waals surface area contributed by atoms with Crippen LogP contribution in [-0.4, -0.2) is 30.7 Å². The summed E-state index contributed by atoms with van der Waals surface area (Å²) in [6.45, 7) is 6.56. The van der Waals surface area contributed by atoms with Gasteiger partial charge in [0.1, 0.15) is 18.0 Å². The maximum absolute atomic E-state index is 11.5. The van der Waals surface area contributed by atoms with Gasteiger partial charge in [-0.1, -0.05) is 12.1 Å². The number of carbonyl (C=O) groups is 1. The van der Waals surface area contributed by atoms with Gasteiger partial charge in [0.15, 0.2) is 0 Å². The lowest BCUT2D eigenvalue weighted by atomic mass is 10.1. The number of benzene rings is 1. The van der Waals surface area contributed by atoms with Gasteiger partial charge in [0, 0.05) is 6.54 Å². The Hall–Kier alpha value is -1.42. The van der Waals surface area contributed by atoms with Gasteiger partial charge in [-0.3, -0.25) is 0 Å². The largest absolute Gasteiger partial charge is 0.492 e. The van der Waals surface area contributed by atoms with Crippen LogP contribution in [0.25, 0.3) is 0 Å². The molecule has 0 saturated carbocycles. The smallest absolute Gasteiger partial charge is 0.407 e. The van der Waals surface area contributed by atoms with Gasteiger partial charge >= 0.3 is 6.09 Å². The van der Waals surface area contributed by atoms with Crippen LogP contribution in [0.3, 0.4) is 0 Å². The average molecular weight is 300 g/mol. The molecule has 0 aliphatic carbocycles. The molecule has 1 aromatic rings. The second-order valence-electron chi connectivity index (χ2n) is 5.36. The second-order valence-corrected chi connectivity index (χ2v) is 5.74. The minimum atomic E-state index is -0.467. The van der Waals surface area contributed by atoms with Gasteiger partial charge in [0.25, 0.3) is 0 Å². The Labute approximate surface area is 125 Å². The molecule has 20 heavy (non-hydrogen) atoms. The molecule has 0 atom stereocenters. The van der Waals surface area contributed by atoms with Crippen molar-refractivity contribution in [1.29, 1.82) is 0 Å². The van der Waals surface area contributed by atoms with E-state index in [0.29, 0.717) is 19.0 Å². The summed E-state index contributed by atoms with van der Waals surface area (Å²) in [5, 5.41) is 2.73. The van der Waals surface area contributed by atoms with Crippen molar-refractivity contribution >= 4 is 17.7 Å². The number of carbonyl (C=O) groups excluding carboxylic acids is 1. The maximum Gasteiger partial charge on any atom is 0.407 e. The van der Waals surface area contributed by atoms with Gasteiger partial charge in [0.05, 0.1) is 5.88 Å². The van der Waals surface area contributed by atoms with Gasteiger partial charge in [-0.25, -0.2) is 4.79 Å². The molecule has 0 radical (unpaired) electrons. The fraction of sp³-hybridized carbons (Fsp3) is 0.533. The Balaban J connectivity index is 2.30. The van der Waals surface area contributed by atoms with Crippen molar-refractivity contribution in [3.63, 3.8) is 0 Å². The molecule has 112 valence electrons. The van der Waals surface area contributed by atoms with Gasteiger partial charge in [-0.2, -0.15) is 0 Å². The number of amides is 1. The van der Waals surface area contributed by atoms with Gasteiger partial charge < -0.3 is 14.8 Å². The van der Waals surface area contributed by atoms with E-state index in [2.05, 4.69) is 5.32 Å². The number of rotatable bonds is 6. The lowest BCUT2D eigenvalue weighted by molar-refractivity contribution is 0.0528. The van der Waals surface area contributed by atoms with Crippen molar-refractivity contribution in [2.45, 2.75) is 32.8 Å². The van der Waals surface area contributed by atoms with Crippen LogP contribution in [0.5, 0.6) is 5.75 Å². The highest BCUT2D eigenvalue weighted by Crippen LogP contribution is 2.12. The van der Waals surface area contributed by atoms with Crippen LogP contribution in [0.2, 0.25) is 0 Å². The first kappa shape index (κ1) is 16.6. The van der Waals surface area contributed by atoms with Crippen LogP contribution < -0.4 is 10.1 Å². The highest BCUT2D eigenvalue weighted by atomic mass is 35.5. The molecule has 0 aliphatic heterocycles. The number of alkyl carbamates (subject to hydrolysis) is 1. The van der Waals surface area contributed by atoms with Crippen LogP contribution in [0.4, 0.5) is 4.79 Å². The third-order valence-corrected chi connectivity index (χ3v) is 2.51.